The molecule has 0 bridgehead atoms. The minimum Gasteiger partial charge on any atom is -0.351 e. The van der Waals surface area contributed by atoms with Crippen molar-refractivity contribution in [1.82, 2.24) is 15.1 Å². The van der Waals surface area contributed by atoms with Crippen molar-refractivity contribution in [1.29, 1.82) is 0 Å². The van der Waals surface area contributed by atoms with Gasteiger partial charge < -0.3 is 15.1 Å². The van der Waals surface area contributed by atoms with Gasteiger partial charge in [-0.25, -0.2) is 0 Å². The quantitative estimate of drug-likeness (QED) is 0.816. The summed E-state index contributed by atoms with van der Waals surface area (Å²) in [6.07, 6.45) is 2.04. The number of carbonyl (C=O) groups is 1. The molecule has 118 valence electrons. The number of nitrogens with one attached hydrogen (secondary N) is 1. The smallest absolute Gasteiger partial charge is 0.261 e. The highest BCUT2D eigenvalue weighted by molar-refractivity contribution is 7.14. The van der Waals surface area contributed by atoms with Crippen molar-refractivity contribution < 1.29 is 4.79 Å². The van der Waals surface area contributed by atoms with Crippen molar-refractivity contribution in [3.63, 3.8) is 0 Å². The van der Waals surface area contributed by atoms with Crippen molar-refractivity contribution in [2.75, 3.05) is 46.3 Å². The van der Waals surface area contributed by atoms with E-state index in [1.807, 2.05) is 6.07 Å². The van der Waals surface area contributed by atoms with Crippen LogP contribution in [0.3, 0.4) is 0 Å². The minimum atomic E-state index is 0.0844. The SMILES string of the molecule is CCc1sc(C(=O)NCCCN2CCN(C)CC2)cc1C. The number of hydrogen-bond donors (Lipinski definition) is 1. The zero-order valence-electron chi connectivity index (χ0n) is 13.4. The highest BCUT2D eigenvalue weighted by Gasteiger charge is 2.14. The predicted molar refractivity (Wildman–Crippen MR) is 89.3 cm³/mol. The summed E-state index contributed by atoms with van der Waals surface area (Å²) in [6, 6.07) is 2.01. The Hall–Kier alpha value is -0.910. The summed E-state index contributed by atoms with van der Waals surface area (Å²) < 4.78 is 0. The van der Waals surface area contributed by atoms with Gasteiger partial charge >= 0.3 is 0 Å². The van der Waals surface area contributed by atoms with Gasteiger partial charge in [-0.3, -0.25) is 4.79 Å². The van der Waals surface area contributed by atoms with E-state index in [1.165, 1.54) is 10.4 Å². The van der Waals surface area contributed by atoms with E-state index in [9.17, 15) is 4.79 Å². The second-order valence-corrected chi connectivity index (χ2v) is 6.96. The first-order chi connectivity index (χ1) is 10.1. The highest BCUT2D eigenvalue weighted by atomic mass is 32.1. The van der Waals surface area contributed by atoms with Crippen LogP contribution in [0.25, 0.3) is 0 Å². The van der Waals surface area contributed by atoms with Gasteiger partial charge in [-0.2, -0.15) is 0 Å². The third-order valence-electron chi connectivity index (χ3n) is 4.10. The van der Waals surface area contributed by atoms with E-state index in [4.69, 9.17) is 0 Å². The van der Waals surface area contributed by atoms with Gasteiger partial charge in [-0.15, -0.1) is 11.3 Å². The second-order valence-electron chi connectivity index (χ2n) is 5.82. The van der Waals surface area contributed by atoms with Crippen molar-refractivity contribution >= 4 is 17.2 Å². The number of carbonyl (C=O) groups excluding carboxylic acids is 1. The molecule has 1 aromatic rings. The first kappa shape index (κ1) is 16.5. The Labute approximate surface area is 132 Å². The van der Waals surface area contributed by atoms with Gasteiger partial charge in [-0.1, -0.05) is 6.92 Å². The van der Waals surface area contributed by atoms with Crippen molar-refractivity contribution in [2.45, 2.75) is 26.7 Å². The summed E-state index contributed by atoms with van der Waals surface area (Å²) in [7, 11) is 2.17. The summed E-state index contributed by atoms with van der Waals surface area (Å²) in [6.45, 7) is 10.7. The summed E-state index contributed by atoms with van der Waals surface area (Å²) in [4.78, 5) is 19.1. The van der Waals surface area contributed by atoms with E-state index in [-0.39, 0.29) is 5.91 Å². The lowest BCUT2D eigenvalue weighted by Crippen LogP contribution is -2.45. The van der Waals surface area contributed by atoms with E-state index in [2.05, 4.69) is 36.0 Å². The van der Waals surface area contributed by atoms with Crippen LogP contribution in [0.2, 0.25) is 0 Å². The zero-order valence-corrected chi connectivity index (χ0v) is 14.3. The topological polar surface area (TPSA) is 35.6 Å². The summed E-state index contributed by atoms with van der Waals surface area (Å²) in [5, 5.41) is 3.05. The molecule has 0 unspecified atom stereocenters. The average molecular weight is 309 g/mol. The average Bonchev–Trinajstić information content (AvgIpc) is 2.86. The monoisotopic (exact) mass is 309 g/mol. The lowest BCUT2D eigenvalue weighted by molar-refractivity contribution is 0.0953. The molecule has 0 atom stereocenters. The Morgan fingerprint density at radius 1 is 1.33 bits per heavy atom. The maximum absolute atomic E-state index is 12.1. The van der Waals surface area contributed by atoms with E-state index in [0.717, 1.165) is 57.0 Å². The maximum Gasteiger partial charge on any atom is 0.261 e. The third-order valence-corrected chi connectivity index (χ3v) is 5.48. The largest absolute Gasteiger partial charge is 0.351 e. The molecule has 0 saturated carbocycles. The molecular formula is C16H27N3OS. The van der Waals surface area contributed by atoms with Crippen molar-refractivity contribution in [2.24, 2.45) is 0 Å². The van der Waals surface area contributed by atoms with Crippen LogP contribution < -0.4 is 5.32 Å². The Kier molecular flexibility index (Phi) is 6.21. The molecule has 0 radical (unpaired) electrons. The normalized spacial score (nSPS) is 17.1. The Bertz CT molecular complexity index is 464. The van der Waals surface area contributed by atoms with E-state index >= 15 is 0 Å². The van der Waals surface area contributed by atoms with Gasteiger partial charge in [0.1, 0.15) is 0 Å². The fourth-order valence-electron chi connectivity index (χ4n) is 2.65. The number of likely N-dealkylation sites (N-methyl/N-ethyl adjacent to an activating group) is 1. The lowest BCUT2D eigenvalue weighted by Gasteiger charge is -2.32. The molecule has 1 amide bonds. The fourth-order valence-corrected chi connectivity index (χ4v) is 3.68. The fraction of sp³-hybridized carbons (Fsp3) is 0.688. The standard InChI is InChI=1S/C16H27N3OS/c1-4-14-13(2)12-15(21-14)16(20)17-6-5-7-19-10-8-18(3)9-11-19/h12H,4-11H2,1-3H3,(H,17,20). The molecular weight excluding hydrogens is 282 g/mol. The number of amides is 1. The van der Waals surface area contributed by atoms with E-state index < -0.39 is 0 Å². The van der Waals surface area contributed by atoms with E-state index in [1.54, 1.807) is 11.3 Å². The predicted octanol–water partition coefficient (Wildman–Crippen LogP) is 1.99. The third kappa shape index (κ3) is 4.80. The molecule has 1 N–H and O–H groups in total. The number of hydrogen-bond acceptors (Lipinski definition) is 4. The van der Waals surface area contributed by atoms with Gasteiger partial charge in [0, 0.05) is 37.6 Å². The van der Waals surface area contributed by atoms with Crippen LogP contribution in [0.15, 0.2) is 6.07 Å². The molecule has 0 aromatic carbocycles. The summed E-state index contributed by atoms with van der Waals surface area (Å²) in [5.41, 5.74) is 1.24. The maximum atomic E-state index is 12.1. The van der Waals surface area contributed by atoms with Crippen LogP contribution in [0, 0.1) is 6.92 Å². The highest BCUT2D eigenvalue weighted by Crippen LogP contribution is 2.22. The molecule has 1 aromatic heterocycles. The first-order valence-corrected chi connectivity index (χ1v) is 8.70. The van der Waals surface area contributed by atoms with Crippen LogP contribution in [0.1, 0.15) is 33.5 Å². The second kappa shape index (κ2) is 7.92. The number of thiophene rings is 1. The molecule has 1 aliphatic heterocycles. The Morgan fingerprint density at radius 2 is 2.05 bits per heavy atom. The number of aryl methyl sites for hydroxylation is 2. The lowest BCUT2D eigenvalue weighted by atomic mass is 10.2. The molecule has 1 saturated heterocycles. The van der Waals surface area contributed by atoms with Crippen molar-refractivity contribution in [3.8, 4) is 0 Å². The molecule has 0 spiro atoms. The molecule has 2 heterocycles. The number of nitrogens with zero attached hydrogens (tertiary/aromatic N) is 2. The molecule has 4 nitrogen and oxygen atoms in total. The van der Waals surface area contributed by atoms with E-state index in [0.29, 0.717) is 0 Å². The van der Waals surface area contributed by atoms with Gasteiger partial charge in [-0.05, 0) is 45.0 Å². The van der Waals surface area contributed by atoms with Crippen LogP contribution in [-0.2, 0) is 6.42 Å². The first-order valence-electron chi connectivity index (χ1n) is 7.88. The molecule has 2 rings (SSSR count). The van der Waals surface area contributed by atoms with Gasteiger partial charge in [0.25, 0.3) is 5.91 Å². The van der Waals surface area contributed by atoms with Crippen LogP contribution in [0.5, 0.6) is 0 Å². The van der Waals surface area contributed by atoms with Gasteiger partial charge in [0.15, 0.2) is 0 Å². The van der Waals surface area contributed by atoms with Gasteiger partial charge in [0.05, 0.1) is 4.88 Å². The molecule has 21 heavy (non-hydrogen) atoms. The van der Waals surface area contributed by atoms with Crippen LogP contribution in [-0.4, -0.2) is 62.0 Å². The van der Waals surface area contributed by atoms with Crippen LogP contribution in [0.4, 0.5) is 0 Å². The van der Waals surface area contributed by atoms with Gasteiger partial charge in [0.2, 0.25) is 0 Å². The summed E-state index contributed by atoms with van der Waals surface area (Å²) in [5.74, 6) is 0.0844. The molecule has 1 fully saturated rings. The molecule has 1 aliphatic rings. The Balaban J connectivity index is 1.67. The number of rotatable bonds is 6. The number of piperazine rings is 1. The minimum absolute atomic E-state index is 0.0844. The molecule has 5 heteroatoms. The zero-order chi connectivity index (χ0) is 15.2. The Morgan fingerprint density at radius 3 is 2.67 bits per heavy atom. The van der Waals surface area contributed by atoms with Crippen molar-refractivity contribution in [3.05, 3.63) is 21.4 Å². The molecule has 0 aliphatic carbocycles. The van der Waals surface area contributed by atoms with Crippen LogP contribution >= 0.6 is 11.3 Å². The summed E-state index contributed by atoms with van der Waals surface area (Å²) >= 11 is 1.63.